The van der Waals surface area contributed by atoms with Crippen molar-refractivity contribution < 1.29 is 0 Å². The van der Waals surface area contributed by atoms with Crippen molar-refractivity contribution in [2.45, 2.75) is 5.41 Å². The minimum atomic E-state index is -0.744. The van der Waals surface area contributed by atoms with Gasteiger partial charge in [-0.3, -0.25) is 0 Å². The second-order valence-electron chi connectivity index (χ2n) is 20.0. The van der Waals surface area contributed by atoms with Crippen molar-refractivity contribution in [1.29, 1.82) is 0 Å². The van der Waals surface area contributed by atoms with Crippen molar-refractivity contribution in [3.05, 3.63) is 338 Å². The van der Waals surface area contributed by atoms with Crippen LogP contribution in [0.25, 0.3) is 66.1 Å². The molecular formula is C75H52N2. The lowest BCUT2D eigenvalue weighted by atomic mass is 9.63. The van der Waals surface area contributed by atoms with Crippen LogP contribution in [0.2, 0.25) is 0 Å². The van der Waals surface area contributed by atoms with Gasteiger partial charge in [-0.2, -0.15) is 0 Å². The lowest BCUT2D eigenvalue weighted by molar-refractivity contribution is 0.751. The average Bonchev–Trinajstić information content (AvgIpc) is 3.88. The molecule has 13 aromatic rings. The molecule has 0 heterocycles. The van der Waals surface area contributed by atoms with Gasteiger partial charge in [-0.15, -0.1) is 0 Å². The summed E-state index contributed by atoms with van der Waals surface area (Å²) in [5.41, 5.74) is 20.3. The maximum absolute atomic E-state index is 2.42. The molecule has 0 spiro atoms. The lowest BCUT2D eigenvalue weighted by Gasteiger charge is -2.39. The summed E-state index contributed by atoms with van der Waals surface area (Å²) in [6.45, 7) is 0. The highest BCUT2D eigenvalue weighted by Gasteiger charge is 2.44. The van der Waals surface area contributed by atoms with Gasteiger partial charge in [-0.05, 0) is 138 Å². The van der Waals surface area contributed by atoms with Crippen LogP contribution in [0.1, 0.15) is 22.3 Å². The summed E-state index contributed by atoms with van der Waals surface area (Å²) in [6, 6.07) is 116. The first-order valence-corrected chi connectivity index (χ1v) is 26.6. The van der Waals surface area contributed by atoms with Crippen LogP contribution in [0.15, 0.2) is 315 Å². The minimum Gasteiger partial charge on any atom is -0.310 e. The number of nitrogens with zero attached hydrogens (tertiary/aromatic N) is 2. The summed E-state index contributed by atoms with van der Waals surface area (Å²) in [6.07, 6.45) is 0. The van der Waals surface area contributed by atoms with E-state index in [1.165, 1.54) is 88.3 Å². The van der Waals surface area contributed by atoms with E-state index in [2.05, 4.69) is 325 Å². The van der Waals surface area contributed by atoms with Crippen molar-refractivity contribution >= 4 is 55.7 Å². The fraction of sp³-hybridized carbons (Fsp3) is 0.0133. The van der Waals surface area contributed by atoms with E-state index in [0.717, 1.165) is 34.1 Å². The molecule has 0 saturated carbocycles. The molecule has 0 bridgehead atoms. The Hall–Kier alpha value is -10.0. The standard InChI is InChI=1S/C75H52N2/c1-3-19-53(20-4-1)55-37-45-61(46-38-55)76(73-35-17-25-57-23-7-9-27-65(57)73)63-49-41-59(42-50-63)75(71-33-15-13-31-69(71)67-29-11-12-30-68(67)70-32-14-16-34-72(70)75)60-43-51-64(52-44-60)77(74-36-18-26-58-24-8-10-28-66(58)74)62-47-39-56(40-48-62)54-21-5-2-6-22-54/h1-52H. The Kier molecular flexibility index (Phi) is 11.5. The molecule has 0 unspecified atom stereocenters. The number of hydrogen-bond acceptors (Lipinski definition) is 2. The Morgan fingerprint density at radius 3 is 0.909 bits per heavy atom. The van der Waals surface area contributed by atoms with Crippen LogP contribution >= 0.6 is 0 Å². The lowest BCUT2D eigenvalue weighted by Crippen LogP contribution is -2.31. The van der Waals surface area contributed by atoms with Crippen LogP contribution in [-0.2, 0) is 5.41 Å². The molecular weight excluding hydrogens is 929 g/mol. The van der Waals surface area contributed by atoms with Crippen molar-refractivity contribution in [3.63, 3.8) is 0 Å². The highest BCUT2D eigenvalue weighted by molar-refractivity contribution is 6.01. The molecule has 0 radical (unpaired) electrons. The summed E-state index contributed by atoms with van der Waals surface area (Å²) in [7, 11) is 0. The van der Waals surface area contributed by atoms with Crippen molar-refractivity contribution in [1.82, 2.24) is 0 Å². The fourth-order valence-corrected chi connectivity index (χ4v) is 12.2. The summed E-state index contributed by atoms with van der Waals surface area (Å²) in [4.78, 5) is 4.84. The van der Waals surface area contributed by atoms with Crippen LogP contribution < -0.4 is 9.80 Å². The second kappa shape index (κ2) is 19.4. The van der Waals surface area contributed by atoms with E-state index in [1.807, 2.05) is 0 Å². The van der Waals surface area contributed by atoms with E-state index in [4.69, 9.17) is 0 Å². The molecule has 362 valence electrons. The zero-order chi connectivity index (χ0) is 51.1. The van der Waals surface area contributed by atoms with Gasteiger partial charge in [0.1, 0.15) is 0 Å². The Morgan fingerprint density at radius 1 is 0.208 bits per heavy atom. The normalized spacial score (nSPS) is 12.3. The molecule has 14 rings (SSSR count). The van der Waals surface area contributed by atoms with Crippen molar-refractivity contribution in [2.75, 3.05) is 9.80 Å². The van der Waals surface area contributed by atoms with Crippen LogP contribution in [0.4, 0.5) is 34.1 Å². The third kappa shape index (κ3) is 7.89. The highest BCUT2D eigenvalue weighted by Crippen LogP contribution is 2.56. The van der Waals surface area contributed by atoms with Crippen LogP contribution in [0, 0.1) is 0 Å². The van der Waals surface area contributed by atoms with Crippen molar-refractivity contribution in [3.8, 4) is 44.5 Å². The van der Waals surface area contributed by atoms with Gasteiger partial charge < -0.3 is 9.80 Å². The van der Waals surface area contributed by atoms with Gasteiger partial charge in [0.2, 0.25) is 0 Å². The van der Waals surface area contributed by atoms with E-state index < -0.39 is 5.41 Å². The molecule has 0 atom stereocenters. The van der Waals surface area contributed by atoms with E-state index in [9.17, 15) is 0 Å². The zero-order valence-corrected chi connectivity index (χ0v) is 42.4. The largest absolute Gasteiger partial charge is 0.310 e. The molecule has 2 heteroatoms. The van der Waals surface area contributed by atoms with E-state index in [1.54, 1.807) is 0 Å². The maximum Gasteiger partial charge on any atom is 0.0713 e. The third-order valence-corrected chi connectivity index (χ3v) is 15.8. The molecule has 0 amide bonds. The average molecular weight is 981 g/mol. The molecule has 1 aliphatic rings. The van der Waals surface area contributed by atoms with Crippen LogP contribution in [0.3, 0.4) is 0 Å². The number of benzene rings is 13. The molecule has 0 aliphatic heterocycles. The van der Waals surface area contributed by atoms with Crippen LogP contribution in [-0.4, -0.2) is 0 Å². The van der Waals surface area contributed by atoms with Gasteiger partial charge in [0.15, 0.2) is 0 Å². The van der Waals surface area contributed by atoms with E-state index >= 15 is 0 Å². The first-order valence-electron chi connectivity index (χ1n) is 26.6. The Bertz CT molecular complexity index is 3950. The second-order valence-corrected chi connectivity index (χ2v) is 20.0. The van der Waals surface area contributed by atoms with Gasteiger partial charge >= 0.3 is 0 Å². The molecule has 77 heavy (non-hydrogen) atoms. The van der Waals surface area contributed by atoms with E-state index in [0.29, 0.717) is 0 Å². The maximum atomic E-state index is 2.42. The minimum absolute atomic E-state index is 0.744. The molecule has 0 N–H and O–H groups in total. The third-order valence-electron chi connectivity index (χ3n) is 15.8. The molecule has 0 saturated heterocycles. The van der Waals surface area contributed by atoms with Gasteiger partial charge in [-0.25, -0.2) is 0 Å². The Balaban J connectivity index is 0.970. The highest BCUT2D eigenvalue weighted by atomic mass is 15.1. The first kappa shape index (κ1) is 45.6. The summed E-state index contributed by atoms with van der Waals surface area (Å²) >= 11 is 0. The monoisotopic (exact) mass is 980 g/mol. The molecule has 2 nitrogen and oxygen atoms in total. The quantitative estimate of drug-likeness (QED) is 0.135. The summed E-state index contributed by atoms with van der Waals surface area (Å²) < 4.78 is 0. The molecule has 0 aromatic heterocycles. The molecule has 1 aliphatic carbocycles. The van der Waals surface area contributed by atoms with Gasteiger partial charge in [0, 0.05) is 33.5 Å². The molecule has 13 aromatic carbocycles. The fourth-order valence-electron chi connectivity index (χ4n) is 12.2. The van der Waals surface area contributed by atoms with Gasteiger partial charge in [0.05, 0.1) is 16.8 Å². The van der Waals surface area contributed by atoms with Gasteiger partial charge in [0.25, 0.3) is 0 Å². The van der Waals surface area contributed by atoms with Gasteiger partial charge in [-0.1, -0.05) is 255 Å². The van der Waals surface area contributed by atoms with Crippen LogP contribution in [0.5, 0.6) is 0 Å². The smallest absolute Gasteiger partial charge is 0.0713 e. The summed E-state index contributed by atoms with van der Waals surface area (Å²) in [5.74, 6) is 0. The summed E-state index contributed by atoms with van der Waals surface area (Å²) in [5, 5.41) is 4.78. The Morgan fingerprint density at radius 2 is 0.506 bits per heavy atom. The predicted octanol–water partition coefficient (Wildman–Crippen LogP) is 20.3. The van der Waals surface area contributed by atoms with E-state index in [-0.39, 0.29) is 0 Å². The topological polar surface area (TPSA) is 6.48 Å². The number of fused-ring (bicyclic) bond motifs is 7. The predicted molar refractivity (Wildman–Crippen MR) is 324 cm³/mol. The zero-order valence-electron chi connectivity index (χ0n) is 42.4. The van der Waals surface area contributed by atoms with Crippen molar-refractivity contribution in [2.24, 2.45) is 0 Å². The molecule has 0 fully saturated rings. The number of hydrogen-bond donors (Lipinski definition) is 0. The number of rotatable bonds is 10. The number of anilines is 6. The Labute approximate surface area is 450 Å². The first-order chi connectivity index (χ1) is 38.2. The SMILES string of the molecule is c1ccc(-c2ccc(N(c3ccc(C4(c5ccc(N(c6ccc(-c7ccccc7)cc6)c6cccc7ccccc67)cc5)c5ccccc5-c5ccccc5-c5ccccc54)cc3)c3cccc4ccccc34)cc2)cc1.